The van der Waals surface area contributed by atoms with Crippen molar-refractivity contribution >= 4 is 40.7 Å². The molecule has 28 heavy (non-hydrogen) atoms. The maximum Gasteiger partial charge on any atom is 0.269 e. The Kier molecular flexibility index (Phi) is 5.95. The number of hydrogen-bond acceptors (Lipinski definition) is 4. The first-order chi connectivity index (χ1) is 13.4. The smallest absolute Gasteiger partial charge is 0.269 e. The Morgan fingerprint density at radius 1 is 0.857 bits per heavy atom. The van der Waals surface area contributed by atoms with Gasteiger partial charge in [0, 0.05) is 22.7 Å². The maximum atomic E-state index is 12.9. The Hall–Kier alpha value is -3.33. The van der Waals surface area contributed by atoms with E-state index in [1.54, 1.807) is 24.3 Å². The zero-order chi connectivity index (χ0) is 20.1. The van der Waals surface area contributed by atoms with E-state index in [0.29, 0.717) is 11.3 Å². The number of anilines is 1. The van der Waals surface area contributed by atoms with Gasteiger partial charge in [-0.1, -0.05) is 0 Å². The van der Waals surface area contributed by atoms with E-state index in [4.69, 9.17) is 12.2 Å². The van der Waals surface area contributed by atoms with E-state index >= 15 is 0 Å². The molecule has 1 aliphatic carbocycles. The average Bonchev–Trinajstić information content (AvgIpc) is 3.52. The van der Waals surface area contributed by atoms with E-state index in [2.05, 4.69) is 21.5 Å². The Morgan fingerprint density at radius 3 is 2.04 bits per heavy atom. The van der Waals surface area contributed by atoms with E-state index < -0.39 is 17.6 Å². The van der Waals surface area contributed by atoms with Crippen LogP contribution in [0.1, 0.15) is 33.6 Å². The molecule has 144 valence electrons. The fraction of sp³-hybridized carbons (Fsp3) is 0.158. The van der Waals surface area contributed by atoms with Crippen LogP contribution < -0.4 is 21.5 Å². The molecular formula is C19H17FN4O3S. The SMILES string of the molecule is O=C(NNC(=S)NC(=O)c1ccc(F)cc1)c1ccc(NC(=O)C2CC2)cc1. The van der Waals surface area contributed by atoms with Crippen molar-refractivity contribution in [3.8, 4) is 0 Å². The largest absolute Gasteiger partial charge is 0.326 e. The number of nitrogens with one attached hydrogen (secondary N) is 4. The maximum absolute atomic E-state index is 12.9. The monoisotopic (exact) mass is 400 g/mol. The lowest BCUT2D eigenvalue weighted by atomic mass is 10.2. The van der Waals surface area contributed by atoms with Gasteiger partial charge in [0.15, 0.2) is 5.11 Å². The molecule has 0 spiro atoms. The van der Waals surface area contributed by atoms with E-state index in [1.807, 2.05) is 0 Å². The number of hydrazine groups is 1. The first-order valence-electron chi connectivity index (χ1n) is 8.50. The molecule has 7 nitrogen and oxygen atoms in total. The number of halogens is 1. The van der Waals surface area contributed by atoms with Crippen LogP contribution in [-0.4, -0.2) is 22.8 Å². The molecule has 3 amide bonds. The van der Waals surface area contributed by atoms with Gasteiger partial charge in [0.1, 0.15) is 5.82 Å². The number of carbonyl (C=O) groups excluding carboxylic acids is 3. The molecule has 0 radical (unpaired) electrons. The fourth-order valence-corrected chi connectivity index (χ4v) is 2.43. The fourth-order valence-electron chi connectivity index (χ4n) is 2.29. The van der Waals surface area contributed by atoms with E-state index in [-0.39, 0.29) is 22.5 Å². The summed E-state index contributed by atoms with van der Waals surface area (Å²) in [6.45, 7) is 0. The summed E-state index contributed by atoms with van der Waals surface area (Å²) in [6, 6.07) is 11.3. The van der Waals surface area contributed by atoms with Crippen LogP contribution in [0.4, 0.5) is 10.1 Å². The van der Waals surface area contributed by atoms with Crippen molar-refractivity contribution in [3.63, 3.8) is 0 Å². The van der Waals surface area contributed by atoms with Gasteiger partial charge in [0.2, 0.25) is 5.91 Å². The van der Waals surface area contributed by atoms with Crippen LogP contribution in [0, 0.1) is 11.7 Å². The second-order valence-electron chi connectivity index (χ2n) is 6.21. The third-order valence-corrected chi connectivity index (χ3v) is 4.19. The van der Waals surface area contributed by atoms with Crippen LogP contribution in [-0.2, 0) is 4.79 Å². The highest BCUT2D eigenvalue weighted by Gasteiger charge is 2.29. The lowest BCUT2D eigenvalue weighted by Gasteiger charge is -2.11. The van der Waals surface area contributed by atoms with Gasteiger partial charge in [-0.2, -0.15) is 0 Å². The zero-order valence-electron chi connectivity index (χ0n) is 14.6. The van der Waals surface area contributed by atoms with Crippen LogP contribution >= 0.6 is 12.2 Å². The third kappa shape index (κ3) is 5.34. The van der Waals surface area contributed by atoms with Crippen LogP contribution in [0.3, 0.4) is 0 Å². The quantitative estimate of drug-likeness (QED) is 0.466. The first kappa shape index (κ1) is 19.4. The van der Waals surface area contributed by atoms with Gasteiger partial charge >= 0.3 is 0 Å². The lowest BCUT2D eigenvalue weighted by Crippen LogP contribution is -2.48. The third-order valence-electron chi connectivity index (χ3n) is 3.99. The molecule has 0 aliphatic heterocycles. The van der Waals surface area contributed by atoms with Crippen molar-refractivity contribution in [1.82, 2.24) is 16.2 Å². The van der Waals surface area contributed by atoms with Gasteiger partial charge < -0.3 is 5.32 Å². The highest BCUT2D eigenvalue weighted by Crippen LogP contribution is 2.30. The first-order valence-corrected chi connectivity index (χ1v) is 8.91. The lowest BCUT2D eigenvalue weighted by molar-refractivity contribution is -0.117. The number of benzene rings is 2. The molecule has 1 fully saturated rings. The average molecular weight is 400 g/mol. The molecule has 0 heterocycles. The molecule has 1 saturated carbocycles. The van der Waals surface area contributed by atoms with Gasteiger partial charge in [-0.3, -0.25) is 30.6 Å². The Labute approximate surface area is 165 Å². The number of hydrogen-bond donors (Lipinski definition) is 4. The van der Waals surface area contributed by atoms with Crippen molar-refractivity contribution in [2.45, 2.75) is 12.8 Å². The molecule has 0 aromatic heterocycles. The second-order valence-corrected chi connectivity index (χ2v) is 6.62. The van der Waals surface area contributed by atoms with Gasteiger partial charge in [-0.15, -0.1) is 0 Å². The minimum atomic E-state index is -0.539. The summed E-state index contributed by atoms with van der Waals surface area (Å²) >= 11 is 4.94. The standard InChI is InChI=1S/C19H17FN4O3S/c20-14-7-3-12(4-8-14)17(26)22-19(28)24-23-18(27)13-5-9-15(10-6-13)21-16(25)11-1-2-11/h3-11H,1-2H2,(H,21,25)(H,23,27)(H2,22,24,26,28). The molecule has 0 atom stereocenters. The second kappa shape index (κ2) is 8.57. The van der Waals surface area contributed by atoms with Crippen molar-refractivity contribution in [1.29, 1.82) is 0 Å². The van der Waals surface area contributed by atoms with Crippen molar-refractivity contribution in [3.05, 3.63) is 65.5 Å². The van der Waals surface area contributed by atoms with Crippen LogP contribution in [0.5, 0.6) is 0 Å². The molecule has 2 aromatic rings. The zero-order valence-corrected chi connectivity index (χ0v) is 15.4. The van der Waals surface area contributed by atoms with E-state index in [1.165, 1.54) is 12.1 Å². The van der Waals surface area contributed by atoms with E-state index in [0.717, 1.165) is 25.0 Å². The number of carbonyl (C=O) groups is 3. The van der Waals surface area contributed by atoms with Crippen LogP contribution in [0.25, 0.3) is 0 Å². The number of amides is 3. The molecule has 0 unspecified atom stereocenters. The van der Waals surface area contributed by atoms with Crippen molar-refractivity contribution in [2.75, 3.05) is 5.32 Å². The minimum absolute atomic E-state index is 0.0129. The summed E-state index contributed by atoms with van der Waals surface area (Å²) in [5.41, 5.74) is 5.95. The van der Waals surface area contributed by atoms with Crippen molar-refractivity contribution in [2.24, 2.45) is 5.92 Å². The Morgan fingerprint density at radius 2 is 1.43 bits per heavy atom. The predicted octanol–water partition coefficient (Wildman–Crippen LogP) is 2.12. The Balaban J connectivity index is 1.46. The van der Waals surface area contributed by atoms with Gasteiger partial charge in [0.05, 0.1) is 0 Å². The molecule has 9 heteroatoms. The summed E-state index contributed by atoms with van der Waals surface area (Å²) < 4.78 is 12.9. The minimum Gasteiger partial charge on any atom is -0.326 e. The van der Waals surface area contributed by atoms with Crippen LogP contribution in [0.2, 0.25) is 0 Å². The summed E-state index contributed by atoms with van der Waals surface area (Å²) in [5, 5.41) is 5.03. The molecular weight excluding hydrogens is 383 g/mol. The summed E-state index contributed by atoms with van der Waals surface area (Å²) in [4.78, 5) is 35.8. The molecule has 3 rings (SSSR count). The highest BCUT2D eigenvalue weighted by atomic mass is 32.1. The van der Waals surface area contributed by atoms with Gasteiger partial charge in [-0.25, -0.2) is 4.39 Å². The topological polar surface area (TPSA) is 99.3 Å². The molecule has 4 N–H and O–H groups in total. The van der Waals surface area contributed by atoms with Gasteiger partial charge in [0.25, 0.3) is 11.8 Å². The van der Waals surface area contributed by atoms with E-state index in [9.17, 15) is 18.8 Å². The highest BCUT2D eigenvalue weighted by molar-refractivity contribution is 7.80. The Bertz CT molecular complexity index is 912. The number of rotatable bonds is 4. The molecule has 0 saturated heterocycles. The van der Waals surface area contributed by atoms with Crippen molar-refractivity contribution < 1.29 is 18.8 Å². The molecule has 1 aliphatic rings. The summed E-state index contributed by atoms with van der Waals surface area (Å²) in [7, 11) is 0. The van der Waals surface area contributed by atoms with Gasteiger partial charge in [-0.05, 0) is 73.6 Å². The molecule has 2 aromatic carbocycles. The summed E-state index contributed by atoms with van der Waals surface area (Å²) in [5.74, 6) is -1.39. The number of thiocarbonyl (C=S) groups is 1. The summed E-state index contributed by atoms with van der Waals surface area (Å²) in [6.07, 6.45) is 1.82. The predicted molar refractivity (Wildman–Crippen MR) is 105 cm³/mol. The molecule has 0 bridgehead atoms. The normalized spacial score (nSPS) is 12.6. The van der Waals surface area contributed by atoms with Crippen LogP contribution in [0.15, 0.2) is 48.5 Å².